The summed E-state index contributed by atoms with van der Waals surface area (Å²) in [6.45, 7) is 4.17. The molecule has 5 heteroatoms. The summed E-state index contributed by atoms with van der Waals surface area (Å²) in [5, 5.41) is 3.36. The lowest BCUT2D eigenvalue weighted by molar-refractivity contribution is 0.573. The molecule has 4 heterocycles. The smallest absolute Gasteiger partial charge is 0.139 e. The molecule has 5 nitrogen and oxygen atoms in total. The summed E-state index contributed by atoms with van der Waals surface area (Å²) in [5.41, 5.74) is 3.49. The molecule has 1 saturated heterocycles. The van der Waals surface area contributed by atoms with Crippen molar-refractivity contribution < 1.29 is 0 Å². The van der Waals surface area contributed by atoms with E-state index in [1.54, 1.807) is 0 Å². The SMILES string of the molecule is c1cc(N2CCCCC2)ncc1-c1nc2c([nH]1)CNCC2. The number of H-pyrrole nitrogens is 1. The van der Waals surface area contributed by atoms with Crippen LogP contribution in [0.5, 0.6) is 0 Å². The number of anilines is 1. The summed E-state index contributed by atoms with van der Waals surface area (Å²) >= 11 is 0. The van der Waals surface area contributed by atoms with E-state index in [1.165, 1.54) is 30.7 Å². The summed E-state index contributed by atoms with van der Waals surface area (Å²) in [6, 6.07) is 4.26. The third-order valence-electron chi connectivity index (χ3n) is 4.41. The average molecular weight is 283 g/mol. The third kappa shape index (κ3) is 2.53. The van der Waals surface area contributed by atoms with Crippen LogP contribution in [0.25, 0.3) is 11.4 Å². The van der Waals surface area contributed by atoms with Gasteiger partial charge in [0.05, 0.1) is 11.4 Å². The maximum absolute atomic E-state index is 4.71. The van der Waals surface area contributed by atoms with E-state index in [0.717, 1.165) is 49.8 Å². The van der Waals surface area contributed by atoms with E-state index in [0.29, 0.717) is 0 Å². The summed E-state index contributed by atoms with van der Waals surface area (Å²) in [5.74, 6) is 2.04. The highest BCUT2D eigenvalue weighted by Crippen LogP contribution is 2.23. The molecule has 1 fully saturated rings. The molecule has 2 N–H and O–H groups in total. The van der Waals surface area contributed by atoms with Crippen molar-refractivity contribution in [1.29, 1.82) is 0 Å². The van der Waals surface area contributed by atoms with Gasteiger partial charge in [0.15, 0.2) is 0 Å². The number of hydrogen-bond acceptors (Lipinski definition) is 4. The second-order valence-corrected chi connectivity index (χ2v) is 5.89. The Morgan fingerprint density at radius 1 is 1.10 bits per heavy atom. The molecule has 2 aliphatic rings. The Kier molecular flexibility index (Phi) is 3.35. The number of pyridine rings is 1. The van der Waals surface area contributed by atoms with Gasteiger partial charge in [-0.15, -0.1) is 0 Å². The molecule has 2 aliphatic heterocycles. The van der Waals surface area contributed by atoms with Gasteiger partial charge in [0.25, 0.3) is 0 Å². The molecule has 0 radical (unpaired) electrons. The molecule has 0 atom stereocenters. The fraction of sp³-hybridized carbons (Fsp3) is 0.500. The average Bonchev–Trinajstić information content (AvgIpc) is 3.00. The van der Waals surface area contributed by atoms with Gasteiger partial charge in [-0.05, 0) is 31.4 Å². The molecule has 0 spiro atoms. The molecule has 0 saturated carbocycles. The second kappa shape index (κ2) is 5.48. The number of aromatic amines is 1. The van der Waals surface area contributed by atoms with Crippen LogP contribution in [0, 0.1) is 0 Å². The predicted octanol–water partition coefficient (Wildman–Crippen LogP) is 2.11. The Bertz CT molecular complexity index is 587. The largest absolute Gasteiger partial charge is 0.357 e. The number of hydrogen-bond donors (Lipinski definition) is 2. The first-order chi connectivity index (χ1) is 10.4. The van der Waals surface area contributed by atoms with Crippen LogP contribution >= 0.6 is 0 Å². The standard InChI is InChI=1S/C16H21N5/c1-2-8-21(9-3-1)15-5-4-12(10-18-15)16-19-13-6-7-17-11-14(13)20-16/h4-5,10,17H,1-3,6-9,11H2,(H,19,20). The molecule has 0 bridgehead atoms. The van der Waals surface area contributed by atoms with Crippen molar-refractivity contribution in [2.75, 3.05) is 24.5 Å². The van der Waals surface area contributed by atoms with Crippen LogP contribution in [0.4, 0.5) is 5.82 Å². The van der Waals surface area contributed by atoms with Crippen LogP contribution < -0.4 is 10.2 Å². The number of nitrogens with zero attached hydrogens (tertiary/aromatic N) is 3. The van der Waals surface area contributed by atoms with Gasteiger partial charge in [-0.3, -0.25) is 0 Å². The predicted molar refractivity (Wildman–Crippen MR) is 83.3 cm³/mol. The number of piperidine rings is 1. The Morgan fingerprint density at radius 3 is 2.76 bits per heavy atom. The van der Waals surface area contributed by atoms with E-state index in [4.69, 9.17) is 4.98 Å². The molecule has 2 aromatic heterocycles. The van der Waals surface area contributed by atoms with Crippen LogP contribution in [0.3, 0.4) is 0 Å². The molecule has 0 amide bonds. The minimum atomic E-state index is 0.890. The molecule has 2 aromatic rings. The second-order valence-electron chi connectivity index (χ2n) is 5.89. The first-order valence-electron chi connectivity index (χ1n) is 7.90. The topological polar surface area (TPSA) is 56.8 Å². The van der Waals surface area contributed by atoms with Crippen LogP contribution in [0.2, 0.25) is 0 Å². The molecule has 0 aliphatic carbocycles. The minimum absolute atomic E-state index is 0.890. The molecule has 4 rings (SSSR count). The fourth-order valence-electron chi connectivity index (χ4n) is 3.19. The highest BCUT2D eigenvalue weighted by Gasteiger charge is 2.16. The number of imidazole rings is 1. The normalized spacial score (nSPS) is 18.6. The highest BCUT2D eigenvalue weighted by atomic mass is 15.2. The van der Waals surface area contributed by atoms with Gasteiger partial charge in [0, 0.05) is 44.4 Å². The Labute approximate surface area is 124 Å². The zero-order valence-corrected chi connectivity index (χ0v) is 12.2. The lowest BCUT2D eigenvalue weighted by Gasteiger charge is -2.27. The summed E-state index contributed by atoms with van der Waals surface area (Å²) in [7, 11) is 0. The minimum Gasteiger partial charge on any atom is -0.357 e. The molecule has 21 heavy (non-hydrogen) atoms. The Balaban J connectivity index is 1.56. The van der Waals surface area contributed by atoms with Crippen molar-refractivity contribution >= 4 is 5.82 Å². The molecular weight excluding hydrogens is 262 g/mol. The monoisotopic (exact) mass is 283 g/mol. The van der Waals surface area contributed by atoms with Crippen molar-refractivity contribution in [1.82, 2.24) is 20.3 Å². The van der Waals surface area contributed by atoms with Crippen LogP contribution in [-0.2, 0) is 13.0 Å². The van der Waals surface area contributed by atoms with Crippen molar-refractivity contribution in [3.8, 4) is 11.4 Å². The zero-order chi connectivity index (χ0) is 14.1. The summed E-state index contributed by atoms with van der Waals surface area (Å²) in [4.78, 5) is 15.2. The van der Waals surface area contributed by atoms with Gasteiger partial charge in [-0.1, -0.05) is 0 Å². The third-order valence-corrected chi connectivity index (χ3v) is 4.41. The van der Waals surface area contributed by atoms with Gasteiger partial charge < -0.3 is 15.2 Å². The van der Waals surface area contributed by atoms with Crippen molar-refractivity contribution in [3.05, 3.63) is 29.7 Å². The van der Waals surface area contributed by atoms with E-state index in [-0.39, 0.29) is 0 Å². The summed E-state index contributed by atoms with van der Waals surface area (Å²) in [6.07, 6.45) is 6.86. The molecule has 0 unspecified atom stereocenters. The van der Waals surface area contributed by atoms with Crippen molar-refractivity contribution in [3.63, 3.8) is 0 Å². The van der Waals surface area contributed by atoms with Crippen LogP contribution in [0.15, 0.2) is 18.3 Å². The first-order valence-corrected chi connectivity index (χ1v) is 7.90. The van der Waals surface area contributed by atoms with Gasteiger partial charge in [0.2, 0.25) is 0 Å². The van der Waals surface area contributed by atoms with E-state index < -0.39 is 0 Å². The Morgan fingerprint density at radius 2 is 2.00 bits per heavy atom. The van der Waals surface area contributed by atoms with Crippen LogP contribution in [-0.4, -0.2) is 34.6 Å². The number of fused-ring (bicyclic) bond motifs is 1. The maximum Gasteiger partial charge on any atom is 0.139 e. The lowest BCUT2D eigenvalue weighted by Crippen LogP contribution is -2.29. The van der Waals surface area contributed by atoms with E-state index in [9.17, 15) is 0 Å². The fourth-order valence-corrected chi connectivity index (χ4v) is 3.19. The van der Waals surface area contributed by atoms with Crippen LogP contribution in [0.1, 0.15) is 30.7 Å². The number of rotatable bonds is 2. The van der Waals surface area contributed by atoms with Gasteiger partial charge in [-0.2, -0.15) is 0 Å². The molecule has 110 valence electrons. The quantitative estimate of drug-likeness (QED) is 0.886. The first kappa shape index (κ1) is 12.8. The maximum atomic E-state index is 4.71. The van der Waals surface area contributed by atoms with Crippen molar-refractivity contribution in [2.45, 2.75) is 32.2 Å². The molecule has 0 aromatic carbocycles. The molecular formula is C16H21N5. The van der Waals surface area contributed by atoms with Gasteiger partial charge in [0.1, 0.15) is 11.6 Å². The highest BCUT2D eigenvalue weighted by molar-refractivity contribution is 5.57. The lowest BCUT2D eigenvalue weighted by atomic mass is 10.1. The van der Waals surface area contributed by atoms with Gasteiger partial charge in [-0.25, -0.2) is 9.97 Å². The zero-order valence-electron chi connectivity index (χ0n) is 12.2. The van der Waals surface area contributed by atoms with Crippen molar-refractivity contribution in [2.24, 2.45) is 0 Å². The number of nitrogens with one attached hydrogen (secondary N) is 2. The van der Waals surface area contributed by atoms with Gasteiger partial charge >= 0.3 is 0 Å². The Hall–Kier alpha value is -1.88. The van der Waals surface area contributed by atoms with E-state index in [1.807, 2.05) is 6.20 Å². The van der Waals surface area contributed by atoms with E-state index >= 15 is 0 Å². The number of aromatic nitrogens is 3. The summed E-state index contributed by atoms with van der Waals surface area (Å²) < 4.78 is 0. The van der Waals surface area contributed by atoms with E-state index in [2.05, 4.69) is 32.3 Å².